The minimum absolute atomic E-state index is 0.0202. The molecule has 0 aliphatic rings. The van der Waals surface area contributed by atoms with Gasteiger partial charge in [-0.25, -0.2) is 0 Å². The number of benzene rings is 2. The minimum Gasteiger partial charge on any atom is -0.342 e. The first kappa shape index (κ1) is 32.0. The number of rotatable bonds is 7. The summed E-state index contributed by atoms with van der Waals surface area (Å²) < 4.78 is 78.7. The molecular weight excluding hydrogens is 649 g/mol. The van der Waals surface area contributed by atoms with Gasteiger partial charge in [0.15, 0.2) is 0 Å². The maximum Gasteiger partial charge on any atom is 0.405 e. The maximum atomic E-state index is 13.8. The number of nitrogens with one attached hydrogen (secondary N) is 2. The van der Waals surface area contributed by atoms with Crippen molar-refractivity contribution in [2.75, 3.05) is 6.54 Å². The highest BCUT2D eigenvalue weighted by atomic mass is 79.9. The summed E-state index contributed by atoms with van der Waals surface area (Å²) in [6.45, 7) is 1.25. The summed E-state index contributed by atoms with van der Waals surface area (Å²) in [6, 6.07) is 6.10. The number of alkyl halides is 6. The standard InChI is InChI=1S/C24H18BrCl3F6N2O2/c1-11(2)20(22(38)35-10-23(29,30)31)36-21(37)14-5-3-12(7-16(14)25)4-6-15(24(32,33)34)13-8-17(26)19(28)18(27)9-13/h3-9,15H,10H2,1-2H3,(H,35,38)(H,36,37)/b6-4+. The molecule has 0 radical (unpaired) electrons. The van der Waals surface area contributed by atoms with E-state index in [4.69, 9.17) is 34.8 Å². The van der Waals surface area contributed by atoms with E-state index in [0.29, 0.717) is 0 Å². The van der Waals surface area contributed by atoms with E-state index in [1.54, 1.807) is 5.32 Å². The number of hydrogen-bond acceptors (Lipinski definition) is 2. The monoisotopic (exact) mass is 664 g/mol. The number of carbonyl (C=O) groups is 2. The van der Waals surface area contributed by atoms with E-state index in [1.807, 2.05) is 0 Å². The molecule has 0 aliphatic heterocycles. The normalized spacial score (nSPS) is 12.8. The lowest BCUT2D eigenvalue weighted by Crippen LogP contribution is -2.40. The first-order chi connectivity index (χ1) is 17.4. The van der Waals surface area contributed by atoms with Crippen molar-refractivity contribution in [1.82, 2.24) is 10.6 Å². The highest BCUT2D eigenvalue weighted by molar-refractivity contribution is 9.10. The molecule has 0 saturated carbocycles. The highest BCUT2D eigenvalue weighted by Gasteiger charge is 2.39. The van der Waals surface area contributed by atoms with Crippen molar-refractivity contribution in [2.24, 2.45) is 0 Å². The van der Waals surface area contributed by atoms with Crippen molar-refractivity contribution in [3.63, 3.8) is 0 Å². The van der Waals surface area contributed by atoms with Crippen molar-refractivity contribution >= 4 is 68.6 Å². The van der Waals surface area contributed by atoms with Gasteiger partial charge in [-0.3, -0.25) is 9.59 Å². The van der Waals surface area contributed by atoms with Gasteiger partial charge in [0.2, 0.25) is 0 Å². The SMILES string of the molecule is CC(C)=C(NC(=O)c1ccc(/C=C/C(c2cc(Cl)c(Cl)c(Cl)c2)C(F)(F)F)cc1Br)C(=O)NCC(F)(F)F. The Hall–Kier alpha value is -2.21. The lowest BCUT2D eigenvalue weighted by atomic mass is 9.97. The van der Waals surface area contributed by atoms with Gasteiger partial charge in [0, 0.05) is 4.47 Å². The Morgan fingerprint density at radius 3 is 2.05 bits per heavy atom. The largest absolute Gasteiger partial charge is 0.405 e. The molecule has 0 saturated heterocycles. The van der Waals surface area contributed by atoms with Crippen LogP contribution in [0.1, 0.15) is 41.3 Å². The molecule has 2 aromatic rings. The van der Waals surface area contributed by atoms with Crippen LogP contribution in [0.3, 0.4) is 0 Å². The van der Waals surface area contributed by atoms with E-state index >= 15 is 0 Å². The molecule has 0 fully saturated rings. The first-order valence-corrected chi connectivity index (χ1v) is 12.4. The summed E-state index contributed by atoms with van der Waals surface area (Å²) in [5.74, 6) is -4.04. The van der Waals surface area contributed by atoms with E-state index in [-0.39, 0.29) is 47.5 Å². The Morgan fingerprint density at radius 1 is 1.00 bits per heavy atom. The van der Waals surface area contributed by atoms with Crippen molar-refractivity contribution < 1.29 is 35.9 Å². The quantitative estimate of drug-likeness (QED) is 0.177. The highest BCUT2D eigenvalue weighted by Crippen LogP contribution is 2.41. The van der Waals surface area contributed by atoms with Gasteiger partial charge in [-0.2, -0.15) is 26.3 Å². The van der Waals surface area contributed by atoms with Crippen LogP contribution in [-0.2, 0) is 4.79 Å². The third kappa shape index (κ3) is 8.93. The molecule has 38 heavy (non-hydrogen) atoms. The average molecular weight is 667 g/mol. The summed E-state index contributed by atoms with van der Waals surface area (Å²) in [4.78, 5) is 24.8. The van der Waals surface area contributed by atoms with Crippen molar-refractivity contribution in [3.05, 3.63) is 83.9 Å². The summed E-state index contributed by atoms with van der Waals surface area (Å²) >= 11 is 20.7. The van der Waals surface area contributed by atoms with Crippen molar-refractivity contribution in [3.8, 4) is 0 Å². The summed E-state index contributed by atoms with van der Waals surface area (Å²) in [5.41, 5.74) is -0.105. The zero-order chi connectivity index (χ0) is 29.0. The van der Waals surface area contributed by atoms with Gasteiger partial charge in [-0.1, -0.05) is 53.0 Å². The average Bonchev–Trinajstić information content (AvgIpc) is 2.77. The van der Waals surface area contributed by atoms with Gasteiger partial charge in [0.1, 0.15) is 12.2 Å². The molecule has 1 unspecified atom stereocenters. The smallest absolute Gasteiger partial charge is 0.342 e. The Morgan fingerprint density at radius 2 is 1.58 bits per heavy atom. The van der Waals surface area contributed by atoms with Crippen LogP contribution in [0.25, 0.3) is 6.08 Å². The fraction of sp³-hybridized carbons (Fsp3) is 0.250. The van der Waals surface area contributed by atoms with Crippen LogP contribution in [0.2, 0.25) is 15.1 Å². The zero-order valence-electron chi connectivity index (χ0n) is 19.4. The predicted molar refractivity (Wildman–Crippen MR) is 138 cm³/mol. The zero-order valence-corrected chi connectivity index (χ0v) is 23.3. The topological polar surface area (TPSA) is 58.2 Å². The number of amides is 2. The Labute approximate surface area is 237 Å². The second-order valence-electron chi connectivity index (χ2n) is 8.04. The van der Waals surface area contributed by atoms with Gasteiger partial charge >= 0.3 is 12.4 Å². The molecule has 2 amide bonds. The third-order valence-electron chi connectivity index (χ3n) is 4.85. The molecule has 2 rings (SSSR count). The van der Waals surface area contributed by atoms with E-state index in [2.05, 4.69) is 21.2 Å². The van der Waals surface area contributed by atoms with E-state index in [9.17, 15) is 35.9 Å². The lowest BCUT2D eigenvalue weighted by molar-refractivity contribution is -0.139. The van der Waals surface area contributed by atoms with Crippen molar-refractivity contribution in [1.29, 1.82) is 0 Å². The number of carbonyl (C=O) groups excluding carboxylic acids is 2. The van der Waals surface area contributed by atoms with Crippen LogP contribution < -0.4 is 10.6 Å². The van der Waals surface area contributed by atoms with Gasteiger partial charge < -0.3 is 10.6 Å². The molecule has 0 aliphatic carbocycles. The molecule has 14 heteroatoms. The van der Waals surface area contributed by atoms with Crippen LogP contribution in [-0.4, -0.2) is 30.7 Å². The molecule has 206 valence electrons. The molecule has 4 nitrogen and oxygen atoms in total. The molecule has 0 aromatic heterocycles. The van der Waals surface area contributed by atoms with Crippen LogP contribution in [0.15, 0.2) is 52.2 Å². The summed E-state index contributed by atoms with van der Waals surface area (Å²) in [7, 11) is 0. The van der Waals surface area contributed by atoms with Gasteiger partial charge in [-0.15, -0.1) is 0 Å². The third-order valence-corrected chi connectivity index (χ3v) is 6.70. The van der Waals surface area contributed by atoms with Gasteiger partial charge in [-0.05, 0) is 70.7 Å². The lowest BCUT2D eigenvalue weighted by Gasteiger charge is -2.18. The van der Waals surface area contributed by atoms with Crippen LogP contribution in [0, 0.1) is 0 Å². The molecule has 0 spiro atoms. The van der Waals surface area contributed by atoms with E-state index < -0.39 is 36.6 Å². The second kappa shape index (κ2) is 12.8. The summed E-state index contributed by atoms with van der Waals surface area (Å²) in [5, 5.41) is 3.58. The molecular formula is C24H18BrCl3F6N2O2. The molecule has 0 heterocycles. The van der Waals surface area contributed by atoms with E-state index in [0.717, 1.165) is 18.2 Å². The number of halogens is 10. The first-order valence-electron chi connectivity index (χ1n) is 10.4. The Kier molecular flexibility index (Phi) is 10.7. The van der Waals surface area contributed by atoms with E-state index in [1.165, 1.54) is 38.1 Å². The fourth-order valence-corrected chi connectivity index (χ4v) is 4.24. The van der Waals surface area contributed by atoms with Gasteiger partial charge in [0.25, 0.3) is 11.8 Å². The van der Waals surface area contributed by atoms with Crippen LogP contribution in [0.5, 0.6) is 0 Å². The molecule has 2 N–H and O–H groups in total. The fourth-order valence-electron chi connectivity index (χ4n) is 3.05. The molecule has 1 atom stereocenters. The van der Waals surface area contributed by atoms with Gasteiger partial charge in [0.05, 0.1) is 26.5 Å². The van der Waals surface area contributed by atoms with Crippen molar-refractivity contribution in [2.45, 2.75) is 32.1 Å². The Bertz CT molecular complexity index is 1270. The molecule has 0 bridgehead atoms. The van der Waals surface area contributed by atoms with Crippen LogP contribution in [0.4, 0.5) is 26.3 Å². The number of allylic oxidation sites excluding steroid dienone is 2. The number of hydrogen-bond donors (Lipinski definition) is 2. The molecule has 2 aromatic carbocycles. The minimum atomic E-state index is -4.69. The summed E-state index contributed by atoms with van der Waals surface area (Å²) in [6.07, 6.45) is -7.28. The predicted octanol–water partition coefficient (Wildman–Crippen LogP) is 8.47. The maximum absolute atomic E-state index is 13.8. The Balaban J connectivity index is 2.28. The van der Waals surface area contributed by atoms with Crippen LogP contribution >= 0.6 is 50.7 Å². The second-order valence-corrected chi connectivity index (χ2v) is 10.1.